The summed E-state index contributed by atoms with van der Waals surface area (Å²) in [6.45, 7) is 6.38. The molecule has 1 aromatic carbocycles. The molecular formula is C20H29FN2O4. The molecule has 0 spiro atoms. The van der Waals surface area contributed by atoms with Gasteiger partial charge in [-0.1, -0.05) is 12.1 Å². The number of piperidine rings is 1. The van der Waals surface area contributed by atoms with Crippen molar-refractivity contribution in [3.05, 3.63) is 30.1 Å². The molecule has 0 bridgehead atoms. The lowest BCUT2D eigenvalue weighted by atomic mass is 10.0. The Morgan fingerprint density at radius 2 is 1.96 bits per heavy atom. The van der Waals surface area contributed by atoms with Gasteiger partial charge in [-0.15, -0.1) is 0 Å². The van der Waals surface area contributed by atoms with Crippen LogP contribution in [0.5, 0.6) is 5.75 Å². The Balaban J connectivity index is 1.92. The van der Waals surface area contributed by atoms with Crippen LogP contribution in [0.2, 0.25) is 0 Å². The Kier molecular flexibility index (Phi) is 7.05. The Morgan fingerprint density at radius 1 is 1.26 bits per heavy atom. The van der Waals surface area contributed by atoms with E-state index in [1.165, 1.54) is 15.9 Å². The van der Waals surface area contributed by atoms with E-state index in [0.717, 1.165) is 12.8 Å². The van der Waals surface area contributed by atoms with Crippen molar-refractivity contribution in [3.63, 3.8) is 0 Å². The standard InChI is InChI=1S/C20H29FN2O4/c1-20(2,3)27-19(25)23-12-8-7-10-16(23)18(24)22(4)13-14-26-17-11-6-5-9-15(17)21/h5-6,9,11,16H,7-8,10,12-14H2,1-4H3. The third-order valence-electron chi connectivity index (χ3n) is 4.31. The van der Waals surface area contributed by atoms with Crippen LogP contribution in [-0.2, 0) is 9.53 Å². The zero-order chi connectivity index (χ0) is 20.0. The Morgan fingerprint density at radius 3 is 2.63 bits per heavy atom. The fourth-order valence-corrected chi connectivity index (χ4v) is 2.95. The van der Waals surface area contributed by atoms with E-state index < -0.39 is 23.6 Å². The molecule has 2 amide bonds. The predicted octanol–water partition coefficient (Wildman–Crippen LogP) is 3.45. The molecule has 1 heterocycles. The molecule has 0 aliphatic carbocycles. The molecule has 1 fully saturated rings. The highest BCUT2D eigenvalue weighted by Crippen LogP contribution is 2.22. The average molecular weight is 380 g/mol. The number of carbonyl (C=O) groups excluding carboxylic acids is 2. The number of nitrogens with zero attached hydrogens (tertiary/aromatic N) is 2. The van der Waals surface area contributed by atoms with Gasteiger partial charge in [-0.05, 0) is 52.2 Å². The molecule has 0 aromatic heterocycles. The quantitative estimate of drug-likeness (QED) is 0.785. The maximum absolute atomic E-state index is 13.6. The van der Waals surface area contributed by atoms with E-state index in [9.17, 15) is 14.0 Å². The highest BCUT2D eigenvalue weighted by molar-refractivity contribution is 5.85. The summed E-state index contributed by atoms with van der Waals surface area (Å²) in [5, 5.41) is 0. The van der Waals surface area contributed by atoms with Crippen molar-refractivity contribution in [1.82, 2.24) is 9.80 Å². The lowest BCUT2D eigenvalue weighted by Crippen LogP contribution is -2.53. The number of para-hydroxylation sites is 1. The molecule has 1 unspecified atom stereocenters. The molecular weight excluding hydrogens is 351 g/mol. The normalized spacial score (nSPS) is 17.4. The number of halogens is 1. The first kappa shape index (κ1) is 21.0. The van der Waals surface area contributed by atoms with Crippen LogP contribution in [0, 0.1) is 5.82 Å². The van der Waals surface area contributed by atoms with E-state index in [4.69, 9.17) is 9.47 Å². The minimum atomic E-state index is -0.609. The number of hydrogen-bond donors (Lipinski definition) is 0. The van der Waals surface area contributed by atoms with Gasteiger partial charge >= 0.3 is 6.09 Å². The first-order chi connectivity index (χ1) is 12.7. The molecule has 0 radical (unpaired) electrons. The van der Waals surface area contributed by atoms with Gasteiger partial charge in [0.05, 0.1) is 6.54 Å². The van der Waals surface area contributed by atoms with Crippen LogP contribution in [-0.4, -0.2) is 60.2 Å². The zero-order valence-corrected chi connectivity index (χ0v) is 16.5. The third kappa shape index (κ3) is 6.12. The molecule has 27 heavy (non-hydrogen) atoms. The maximum Gasteiger partial charge on any atom is 0.410 e. The van der Waals surface area contributed by atoms with Gasteiger partial charge < -0.3 is 14.4 Å². The smallest absolute Gasteiger partial charge is 0.410 e. The lowest BCUT2D eigenvalue weighted by molar-refractivity contribution is -0.137. The molecule has 0 N–H and O–H groups in total. The number of likely N-dealkylation sites (N-methyl/N-ethyl adjacent to an activating group) is 1. The zero-order valence-electron chi connectivity index (χ0n) is 16.5. The van der Waals surface area contributed by atoms with Gasteiger partial charge in [0.1, 0.15) is 18.2 Å². The van der Waals surface area contributed by atoms with Crippen LogP contribution in [0.4, 0.5) is 9.18 Å². The molecule has 1 aromatic rings. The maximum atomic E-state index is 13.6. The van der Waals surface area contributed by atoms with Gasteiger partial charge in [0, 0.05) is 13.6 Å². The second-order valence-electron chi connectivity index (χ2n) is 7.72. The molecule has 6 nitrogen and oxygen atoms in total. The van der Waals surface area contributed by atoms with Crippen molar-refractivity contribution in [2.45, 2.75) is 51.7 Å². The molecule has 1 atom stereocenters. The van der Waals surface area contributed by atoms with Crippen LogP contribution in [0.15, 0.2) is 24.3 Å². The molecule has 2 rings (SSSR count). The van der Waals surface area contributed by atoms with E-state index >= 15 is 0 Å². The number of amides is 2. The van der Waals surface area contributed by atoms with Gasteiger partial charge in [-0.2, -0.15) is 0 Å². The van der Waals surface area contributed by atoms with Gasteiger partial charge in [-0.3, -0.25) is 9.69 Å². The molecule has 7 heteroatoms. The van der Waals surface area contributed by atoms with Gasteiger partial charge in [0.2, 0.25) is 5.91 Å². The highest BCUT2D eigenvalue weighted by atomic mass is 19.1. The SMILES string of the molecule is CN(CCOc1ccccc1F)C(=O)C1CCCCN1C(=O)OC(C)(C)C. The van der Waals surface area contributed by atoms with Crippen LogP contribution in [0.1, 0.15) is 40.0 Å². The fraction of sp³-hybridized carbons (Fsp3) is 0.600. The Bertz CT molecular complexity index is 660. The molecule has 150 valence electrons. The topological polar surface area (TPSA) is 59.1 Å². The summed E-state index contributed by atoms with van der Waals surface area (Å²) in [6, 6.07) is 5.61. The second-order valence-corrected chi connectivity index (χ2v) is 7.72. The minimum absolute atomic E-state index is 0.155. The van der Waals surface area contributed by atoms with Crippen molar-refractivity contribution in [1.29, 1.82) is 0 Å². The minimum Gasteiger partial charge on any atom is -0.489 e. The average Bonchev–Trinajstić information content (AvgIpc) is 2.61. The number of ether oxygens (including phenoxy) is 2. The molecule has 1 aliphatic heterocycles. The summed E-state index contributed by atoms with van der Waals surface area (Å²) in [5.41, 5.74) is -0.609. The lowest BCUT2D eigenvalue weighted by Gasteiger charge is -2.37. The number of carbonyl (C=O) groups is 2. The number of rotatable bonds is 5. The van der Waals surface area contributed by atoms with Crippen molar-refractivity contribution < 1.29 is 23.5 Å². The summed E-state index contributed by atoms with van der Waals surface area (Å²) in [5.74, 6) is -0.432. The van der Waals surface area contributed by atoms with E-state index in [0.29, 0.717) is 19.5 Å². The van der Waals surface area contributed by atoms with Gasteiger partial charge in [0.25, 0.3) is 0 Å². The predicted molar refractivity (Wildman–Crippen MR) is 100 cm³/mol. The van der Waals surface area contributed by atoms with Gasteiger partial charge in [0.15, 0.2) is 11.6 Å². The summed E-state index contributed by atoms with van der Waals surface area (Å²) in [6.07, 6.45) is 1.88. The Labute approximate surface area is 160 Å². The number of hydrogen-bond acceptors (Lipinski definition) is 4. The van der Waals surface area contributed by atoms with Crippen LogP contribution in [0.25, 0.3) is 0 Å². The molecule has 0 saturated carbocycles. The summed E-state index contributed by atoms with van der Waals surface area (Å²) < 4.78 is 24.4. The first-order valence-electron chi connectivity index (χ1n) is 9.31. The van der Waals surface area contributed by atoms with E-state index in [-0.39, 0.29) is 18.3 Å². The van der Waals surface area contributed by atoms with Crippen LogP contribution in [0.3, 0.4) is 0 Å². The van der Waals surface area contributed by atoms with Crippen molar-refractivity contribution in [2.75, 3.05) is 26.7 Å². The van der Waals surface area contributed by atoms with Crippen LogP contribution >= 0.6 is 0 Å². The molecule has 1 saturated heterocycles. The van der Waals surface area contributed by atoms with E-state index in [2.05, 4.69) is 0 Å². The number of benzene rings is 1. The van der Waals surface area contributed by atoms with E-state index in [1.54, 1.807) is 46.0 Å². The first-order valence-corrected chi connectivity index (χ1v) is 9.31. The largest absolute Gasteiger partial charge is 0.489 e. The second kappa shape index (κ2) is 9.06. The van der Waals surface area contributed by atoms with Crippen molar-refractivity contribution in [3.8, 4) is 5.75 Å². The molecule has 1 aliphatic rings. The summed E-state index contributed by atoms with van der Waals surface area (Å²) >= 11 is 0. The Hall–Kier alpha value is -2.31. The summed E-state index contributed by atoms with van der Waals surface area (Å²) in [7, 11) is 1.66. The van der Waals surface area contributed by atoms with Crippen molar-refractivity contribution in [2.24, 2.45) is 0 Å². The monoisotopic (exact) mass is 380 g/mol. The van der Waals surface area contributed by atoms with Gasteiger partial charge in [-0.25, -0.2) is 9.18 Å². The number of likely N-dealkylation sites (tertiary alicyclic amines) is 1. The fourth-order valence-electron chi connectivity index (χ4n) is 2.95. The highest BCUT2D eigenvalue weighted by Gasteiger charge is 2.36. The van der Waals surface area contributed by atoms with Crippen LogP contribution < -0.4 is 4.74 Å². The third-order valence-corrected chi connectivity index (χ3v) is 4.31. The van der Waals surface area contributed by atoms with E-state index in [1.807, 2.05) is 0 Å². The summed E-state index contributed by atoms with van der Waals surface area (Å²) in [4.78, 5) is 28.3. The van der Waals surface area contributed by atoms with Crippen molar-refractivity contribution >= 4 is 12.0 Å².